The van der Waals surface area contributed by atoms with E-state index in [1.165, 1.54) is 54.2 Å². The highest BCUT2D eigenvalue weighted by Gasteiger charge is 2.22. The average molecular weight is 475 g/mol. The molecule has 1 atom stereocenters. The van der Waals surface area contributed by atoms with Gasteiger partial charge in [-0.15, -0.1) is 11.8 Å². The minimum atomic E-state index is -0.593. The van der Waals surface area contributed by atoms with E-state index in [-0.39, 0.29) is 17.3 Å². The van der Waals surface area contributed by atoms with E-state index in [1.54, 1.807) is 30.3 Å². The summed E-state index contributed by atoms with van der Waals surface area (Å²) in [4.78, 5) is 26.2. The lowest BCUT2D eigenvalue weighted by Gasteiger charge is -2.17. The number of hydrogen-bond donors (Lipinski definition) is 2. The van der Waals surface area contributed by atoms with Crippen LogP contribution in [-0.4, -0.2) is 11.8 Å². The van der Waals surface area contributed by atoms with Crippen molar-refractivity contribution in [2.24, 2.45) is 0 Å². The zero-order chi connectivity index (χ0) is 23.9. The van der Waals surface area contributed by atoms with Crippen molar-refractivity contribution < 1.29 is 18.4 Å². The lowest BCUT2D eigenvalue weighted by Crippen LogP contribution is -2.19. The first-order chi connectivity index (χ1) is 16.5. The van der Waals surface area contributed by atoms with Gasteiger partial charge in [-0.1, -0.05) is 42.5 Å². The highest BCUT2D eigenvalue weighted by molar-refractivity contribution is 8.00. The third kappa shape index (κ3) is 5.88. The molecule has 7 heteroatoms. The SMILES string of the molecule is O=C(Nc1ccc(SC(C(=O)Nc2ccc(F)cc2)c2ccccc2)cc1)c1ccccc1F. The molecular weight excluding hydrogens is 454 g/mol. The Morgan fingerprint density at radius 3 is 1.94 bits per heavy atom. The van der Waals surface area contributed by atoms with E-state index in [4.69, 9.17) is 0 Å². The highest BCUT2D eigenvalue weighted by atomic mass is 32.2. The Labute approximate surface area is 200 Å². The number of nitrogens with one attached hydrogen (secondary N) is 2. The topological polar surface area (TPSA) is 58.2 Å². The molecular formula is C27H20F2N2O2S. The molecule has 0 saturated heterocycles. The van der Waals surface area contributed by atoms with E-state index in [2.05, 4.69) is 10.6 Å². The summed E-state index contributed by atoms with van der Waals surface area (Å²) in [7, 11) is 0. The van der Waals surface area contributed by atoms with Gasteiger partial charge in [0.15, 0.2) is 0 Å². The molecule has 0 aliphatic rings. The van der Waals surface area contributed by atoms with Crippen LogP contribution < -0.4 is 10.6 Å². The Kier molecular flexibility index (Phi) is 7.34. The highest BCUT2D eigenvalue weighted by Crippen LogP contribution is 2.36. The molecule has 2 amide bonds. The minimum Gasteiger partial charge on any atom is -0.325 e. The van der Waals surface area contributed by atoms with Crippen molar-refractivity contribution in [3.05, 3.63) is 126 Å². The molecule has 4 aromatic rings. The zero-order valence-corrected chi connectivity index (χ0v) is 18.7. The predicted molar refractivity (Wildman–Crippen MR) is 131 cm³/mol. The van der Waals surface area contributed by atoms with Crippen LogP contribution in [0.4, 0.5) is 20.2 Å². The van der Waals surface area contributed by atoms with E-state index in [0.29, 0.717) is 11.4 Å². The third-order valence-corrected chi connectivity index (χ3v) is 6.20. The summed E-state index contributed by atoms with van der Waals surface area (Å²) >= 11 is 1.34. The molecule has 0 aliphatic carbocycles. The maximum atomic E-state index is 13.8. The normalized spacial score (nSPS) is 11.5. The molecule has 4 rings (SSSR count). The van der Waals surface area contributed by atoms with E-state index >= 15 is 0 Å². The van der Waals surface area contributed by atoms with E-state index in [0.717, 1.165) is 10.5 Å². The second kappa shape index (κ2) is 10.8. The van der Waals surface area contributed by atoms with Gasteiger partial charge in [-0.2, -0.15) is 0 Å². The fraction of sp³-hybridized carbons (Fsp3) is 0.0370. The Balaban J connectivity index is 1.49. The van der Waals surface area contributed by atoms with E-state index in [9.17, 15) is 18.4 Å². The van der Waals surface area contributed by atoms with Gasteiger partial charge in [0.1, 0.15) is 16.9 Å². The molecule has 0 heterocycles. The number of benzene rings is 4. The zero-order valence-electron chi connectivity index (χ0n) is 17.9. The van der Waals surface area contributed by atoms with Gasteiger partial charge in [-0.3, -0.25) is 9.59 Å². The van der Waals surface area contributed by atoms with Gasteiger partial charge in [-0.05, 0) is 66.2 Å². The number of halogens is 2. The summed E-state index contributed by atoms with van der Waals surface area (Å²) < 4.78 is 27.0. The van der Waals surface area contributed by atoms with Gasteiger partial charge in [-0.25, -0.2) is 8.78 Å². The Morgan fingerprint density at radius 1 is 0.676 bits per heavy atom. The molecule has 0 bridgehead atoms. The monoisotopic (exact) mass is 474 g/mol. The van der Waals surface area contributed by atoms with Crippen LogP contribution in [0.2, 0.25) is 0 Å². The number of anilines is 2. The lowest BCUT2D eigenvalue weighted by molar-refractivity contribution is -0.115. The summed E-state index contributed by atoms with van der Waals surface area (Å²) in [6.45, 7) is 0. The molecule has 0 saturated carbocycles. The van der Waals surface area contributed by atoms with Gasteiger partial charge in [0.25, 0.3) is 5.91 Å². The van der Waals surface area contributed by atoms with Crippen LogP contribution in [0.5, 0.6) is 0 Å². The molecule has 4 aromatic carbocycles. The third-order valence-electron chi connectivity index (χ3n) is 4.94. The van der Waals surface area contributed by atoms with Crippen molar-refractivity contribution in [2.75, 3.05) is 10.6 Å². The van der Waals surface area contributed by atoms with Crippen LogP contribution in [0, 0.1) is 11.6 Å². The van der Waals surface area contributed by atoms with Crippen molar-refractivity contribution >= 4 is 35.0 Å². The quantitative estimate of drug-likeness (QED) is 0.294. The number of thioether (sulfide) groups is 1. The van der Waals surface area contributed by atoms with Crippen molar-refractivity contribution in [3.63, 3.8) is 0 Å². The number of carbonyl (C=O) groups is 2. The van der Waals surface area contributed by atoms with Gasteiger partial charge in [0, 0.05) is 16.3 Å². The van der Waals surface area contributed by atoms with Crippen LogP contribution in [0.25, 0.3) is 0 Å². The summed E-state index contributed by atoms with van der Waals surface area (Å²) in [6, 6.07) is 27.6. The molecule has 0 aliphatic heterocycles. The van der Waals surface area contributed by atoms with Crippen LogP contribution in [-0.2, 0) is 4.79 Å². The average Bonchev–Trinajstić information content (AvgIpc) is 2.85. The van der Waals surface area contributed by atoms with E-state index in [1.807, 2.05) is 30.3 Å². The molecule has 4 nitrogen and oxygen atoms in total. The second-order valence-electron chi connectivity index (χ2n) is 7.36. The van der Waals surface area contributed by atoms with Gasteiger partial charge in [0.05, 0.1) is 5.56 Å². The van der Waals surface area contributed by atoms with Crippen LogP contribution in [0.3, 0.4) is 0 Å². The maximum absolute atomic E-state index is 13.8. The maximum Gasteiger partial charge on any atom is 0.258 e. The molecule has 1 unspecified atom stereocenters. The first kappa shape index (κ1) is 23.2. The lowest BCUT2D eigenvalue weighted by atomic mass is 10.1. The minimum absolute atomic E-state index is 0.0393. The molecule has 170 valence electrons. The predicted octanol–water partition coefficient (Wildman–Crippen LogP) is 6.69. The molecule has 0 fully saturated rings. The Hall–Kier alpha value is -3.97. The van der Waals surface area contributed by atoms with Crippen molar-refractivity contribution in [1.82, 2.24) is 0 Å². The summed E-state index contributed by atoms with van der Waals surface area (Å²) in [6.07, 6.45) is 0. The standard InChI is InChI=1S/C27H20F2N2O2S/c28-19-10-12-20(13-11-19)31-27(33)25(18-6-2-1-3-7-18)34-22-16-14-21(15-17-22)30-26(32)23-8-4-5-9-24(23)29/h1-17,25H,(H,30,32)(H,31,33). The fourth-order valence-electron chi connectivity index (χ4n) is 3.24. The van der Waals surface area contributed by atoms with Gasteiger partial charge >= 0.3 is 0 Å². The first-order valence-corrected chi connectivity index (χ1v) is 11.3. The Morgan fingerprint density at radius 2 is 1.26 bits per heavy atom. The molecule has 0 spiro atoms. The molecule has 0 radical (unpaired) electrons. The van der Waals surface area contributed by atoms with Gasteiger partial charge in [0.2, 0.25) is 5.91 Å². The molecule has 2 N–H and O–H groups in total. The molecule has 0 aromatic heterocycles. The summed E-state index contributed by atoms with van der Waals surface area (Å²) in [5.74, 6) is -1.77. The smallest absolute Gasteiger partial charge is 0.258 e. The first-order valence-electron chi connectivity index (χ1n) is 10.4. The number of carbonyl (C=O) groups excluding carboxylic acids is 2. The van der Waals surface area contributed by atoms with E-state index < -0.39 is 17.0 Å². The Bertz CT molecular complexity index is 1280. The molecule has 34 heavy (non-hydrogen) atoms. The number of rotatable bonds is 7. The second-order valence-corrected chi connectivity index (χ2v) is 8.54. The van der Waals surface area contributed by atoms with Gasteiger partial charge < -0.3 is 10.6 Å². The van der Waals surface area contributed by atoms with Crippen LogP contribution in [0.1, 0.15) is 21.2 Å². The van der Waals surface area contributed by atoms with Crippen molar-refractivity contribution in [2.45, 2.75) is 10.1 Å². The van der Waals surface area contributed by atoms with Crippen LogP contribution in [0.15, 0.2) is 108 Å². The number of amides is 2. The van der Waals surface area contributed by atoms with Crippen molar-refractivity contribution in [3.8, 4) is 0 Å². The summed E-state index contributed by atoms with van der Waals surface area (Å²) in [5, 5.41) is 4.94. The van der Waals surface area contributed by atoms with Crippen molar-refractivity contribution in [1.29, 1.82) is 0 Å². The van der Waals surface area contributed by atoms with Crippen LogP contribution >= 0.6 is 11.8 Å². The largest absolute Gasteiger partial charge is 0.325 e. The summed E-state index contributed by atoms with van der Waals surface area (Å²) in [5.41, 5.74) is 1.77. The fourth-order valence-corrected chi connectivity index (χ4v) is 4.26. The number of hydrogen-bond acceptors (Lipinski definition) is 3.